The van der Waals surface area contributed by atoms with E-state index in [0.717, 1.165) is 35.1 Å². The lowest BCUT2D eigenvalue weighted by atomic mass is 9.95. The molecule has 0 bridgehead atoms. The van der Waals surface area contributed by atoms with Crippen LogP contribution in [-0.2, 0) is 11.3 Å². The van der Waals surface area contributed by atoms with E-state index in [1.165, 1.54) is 5.56 Å². The second-order valence-corrected chi connectivity index (χ2v) is 8.19. The van der Waals surface area contributed by atoms with Crippen LogP contribution in [0.15, 0.2) is 73.3 Å². The summed E-state index contributed by atoms with van der Waals surface area (Å²) in [4.78, 5) is 17.3. The van der Waals surface area contributed by atoms with Crippen LogP contribution in [0.3, 0.4) is 0 Å². The van der Waals surface area contributed by atoms with E-state index in [4.69, 9.17) is 9.62 Å². The molecule has 4 heteroatoms. The Bertz CT molecular complexity index is 1050. The average Bonchev–Trinajstić information content (AvgIpc) is 2.82. The highest BCUT2D eigenvalue weighted by Crippen LogP contribution is 2.30. The Hall–Kier alpha value is -3.21. The molecular weight excluding hydrogens is 400 g/mol. The van der Waals surface area contributed by atoms with E-state index in [1.54, 1.807) is 30.3 Å². The lowest BCUT2D eigenvalue weighted by Gasteiger charge is -2.17. The average molecular weight is 431 g/mol. The number of hydrogen-bond donors (Lipinski definition) is 1. The van der Waals surface area contributed by atoms with Crippen molar-refractivity contribution in [3.05, 3.63) is 107 Å². The molecule has 3 aromatic rings. The zero-order valence-electron chi connectivity index (χ0n) is 18.9. The van der Waals surface area contributed by atoms with Gasteiger partial charge in [-0.2, -0.15) is 0 Å². The van der Waals surface area contributed by atoms with Crippen molar-refractivity contribution in [3.63, 3.8) is 0 Å². The van der Waals surface area contributed by atoms with Gasteiger partial charge in [-0.05, 0) is 71.3 Å². The third kappa shape index (κ3) is 5.72. The van der Waals surface area contributed by atoms with Gasteiger partial charge in [0.2, 0.25) is 0 Å². The first-order valence-electron chi connectivity index (χ1n) is 10.9. The Balaban J connectivity index is 1.74. The summed E-state index contributed by atoms with van der Waals surface area (Å²) < 4.78 is 5.57. The largest absolute Gasteiger partial charge is 0.423 e. The molecule has 0 aliphatic heterocycles. The summed E-state index contributed by atoms with van der Waals surface area (Å²) in [5.41, 5.74) is 5.06. The van der Waals surface area contributed by atoms with Crippen molar-refractivity contribution in [1.82, 2.24) is 0 Å². The number of carbonyl (C=O) groups is 1. The maximum absolute atomic E-state index is 12.5. The molecule has 0 aromatic heterocycles. The second-order valence-electron chi connectivity index (χ2n) is 8.19. The number of ether oxygens (including phenoxy) is 1. The van der Waals surface area contributed by atoms with E-state index in [9.17, 15) is 10.1 Å². The van der Waals surface area contributed by atoms with Crippen LogP contribution in [-0.4, -0.2) is 11.2 Å². The Morgan fingerprint density at radius 2 is 1.69 bits per heavy atom. The molecule has 3 rings (SSSR count). The second kappa shape index (κ2) is 10.9. The monoisotopic (exact) mass is 430 g/mol. The fourth-order valence-electron chi connectivity index (χ4n) is 3.55. The molecule has 0 saturated carbocycles. The normalized spacial score (nSPS) is 12.8. The number of aryl methyl sites for hydroxylation is 1. The lowest BCUT2D eigenvalue weighted by Crippen LogP contribution is -2.10. The van der Waals surface area contributed by atoms with Crippen molar-refractivity contribution in [3.8, 4) is 5.75 Å². The standard InChI is InChI=1S/C28H30O4/c1-5-19(3)17-22-9-11-23(12-10-22)27(32-30)25-15-16-26(20(4)18-25)31-28(29)24-13-7-21(6-2)8-14-24/h6-16,18-19,27,30H,2,5,17H2,1,3-4H3. The first-order chi connectivity index (χ1) is 15.4. The molecule has 0 aliphatic carbocycles. The molecule has 0 heterocycles. The van der Waals surface area contributed by atoms with E-state index in [0.29, 0.717) is 17.2 Å². The number of esters is 1. The fourth-order valence-corrected chi connectivity index (χ4v) is 3.55. The van der Waals surface area contributed by atoms with E-state index in [2.05, 4.69) is 32.6 Å². The molecule has 1 N–H and O–H groups in total. The topological polar surface area (TPSA) is 55.8 Å². The molecule has 0 fully saturated rings. The zero-order valence-corrected chi connectivity index (χ0v) is 18.9. The Kier molecular flexibility index (Phi) is 7.98. The van der Waals surface area contributed by atoms with Crippen LogP contribution in [0, 0.1) is 12.8 Å². The third-order valence-corrected chi connectivity index (χ3v) is 5.76. The lowest BCUT2D eigenvalue weighted by molar-refractivity contribution is -0.270. The molecule has 0 spiro atoms. The van der Waals surface area contributed by atoms with Crippen LogP contribution in [0.25, 0.3) is 6.08 Å². The van der Waals surface area contributed by atoms with Crippen molar-refractivity contribution in [1.29, 1.82) is 0 Å². The highest BCUT2D eigenvalue weighted by atomic mass is 17.1. The molecule has 2 atom stereocenters. The number of rotatable bonds is 9. The van der Waals surface area contributed by atoms with Gasteiger partial charge >= 0.3 is 5.97 Å². The van der Waals surface area contributed by atoms with Gasteiger partial charge in [0.25, 0.3) is 0 Å². The molecule has 4 nitrogen and oxygen atoms in total. The number of hydrogen-bond acceptors (Lipinski definition) is 4. The van der Waals surface area contributed by atoms with Crippen molar-refractivity contribution in [2.45, 2.75) is 39.7 Å². The Morgan fingerprint density at radius 3 is 2.25 bits per heavy atom. The van der Waals surface area contributed by atoms with Crippen LogP contribution < -0.4 is 4.74 Å². The molecule has 0 saturated heterocycles. The third-order valence-electron chi connectivity index (χ3n) is 5.76. The van der Waals surface area contributed by atoms with Crippen molar-refractivity contribution in [2.75, 3.05) is 0 Å². The van der Waals surface area contributed by atoms with Crippen LogP contribution in [0.5, 0.6) is 5.75 Å². The van der Waals surface area contributed by atoms with Crippen LogP contribution in [0.2, 0.25) is 0 Å². The molecular formula is C28H30O4. The number of carbonyl (C=O) groups excluding carboxylic acids is 1. The van der Waals surface area contributed by atoms with Gasteiger partial charge in [-0.15, -0.1) is 0 Å². The Morgan fingerprint density at radius 1 is 1.03 bits per heavy atom. The maximum atomic E-state index is 12.5. The summed E-state index contributed by atoms with van der Waals surface area (Å²) in [6.45, 7) is 10.00. The summed E-state index contributed by atoms with van der Waals surface area (Å²) in [5, 5.41) is 9.59. The van der Waals surface area contributed by atoms with E-state index < -0.39 is 12.1 Å². The minimum Gasteiger partial charge on any atom is -0.423 e. The minimum atomic E-state index is -0.623. The predicted molar refractivity (Wildman–Crippen MR) is 128 cm³/mol. The Labute approximate surface area is 190 Å². The van der Waals surface area contributed by atoms with E-state index in [1.807, 2.05) is 37.3 Å². The summed E-state index contributed by atoms with van der Waals surface area (Å²) in [5.74, 6) is 0.666. The SMILES string of the molecule is C=Cc1ccc(C(=O)Oc2ccc(C(OO)c3ccc(CC(C)CC)cc3)cc2C)cc1. The van der Waals surface area contributed by atoms with Gasteiger partial charge in [0, 0.05) is 0 Å². The van der Waals surface area contributed by atoms with Crippen LogP contribution in [0.1, 0.15) is 64.5 Å². The molecule has 166 valence electrons. The summed E-state index contributed by atoms with van der Waals surface area (Å²) in [7, 11) is 0. The van der Waals surface area contributed by atoms with Crippen molar-refractivity contribution >= 4 is 12.0 Å². The summed E-state index contributed by atoms with van der Waals surface area (Å²) in [6, 6.07) is 20.6. The molecule has 32 heavy (non-hydrogen) atoms. The van der Waals surface area contributed by atoms with Gasteiger partial charge in [-0.3, -0.25) is 5.26 Å². The quantitative estimate of drug-likeness (QED) is 0.171. The van der Waals surface area contributed by atoms with Gasteiger partial charge in [0.05, 0.1) is 5.56 Å². The minimum absolute atomic E-state index is 0.427. The van der Waals surface area contributed by atoms with Gasteiger partial charge in [-0.25, -0.2) is 9.68 Å². The smallest absolute Gasteiger partial charge is 0.343 e. The van der Waals surface area contributed by atoms with Crippen LogP contribution >= 0.6 is 0 Å². The summed E-state index contributed by atoms with van der Waals surface area (Å²) in [6.07, 6.45) is 3.26. The van der Waals surface area contributed by atoms with Gasteiger partial charge in [-0.1, -0.05) is 75.4 Å². The van der Waals surface area contributed by atoms with Crippen molar-refractivity contribution in [2.24, 2.45) is 5.92 Å². The molecule has 2 unspecified atom stereocenters. The van der Waals surface area contributed by atoms with Gasteiger partial charge in [0.15, 0.2) is 0 Å². The highest BCUT2D eigenvalue weighted by Gasteiger charge is 2.18. The van der Waals surface area contributed by atoms with E-state index >= 15 is 0 Å². The van der Waals surface area contributed by atoms with E-state index in [-0.39, 0.29) is 0 Å². The number of benzene rings is 3. The summed E-state index contributed by atoms with van der Waals surface area (Å²) >= 11 is 0. The molecule has 3 aromatic carbocycles. The zero-order chi connectivity index (χ0) is 23.1. The van der Waals surface area contributed by atoms with Gasteiger partial charge in [0.1, 0.15) is 11.9 Å². The fraction of sp³-hybridized carbons (Fsp3) is 0.250. The first-order valence-corrected chi connectivity index (χ1v) is 10.9. The molecule has 0 amide bonds. The van der Waals surface area contributed by atoms with Crippen molar-refractivity contribution < 1.29 is 19.7 Å². The highest BCUT2D eigenvalue weighted by molar-refractivity contribution is 5.91. The predicted octanol–water partition coefficient (Wildman–Crippen LogP) is 7.02. The molecule has 0 radical (unpaired) electrons. The first kappa shape index (κ1) is 23.5. The van der Waals surface area contributed by atoms with Gasteiger partial charge < -0.3 is 4.74 Å². The maximum Gasteiger partial charge on any atom is 0.343 e. The molecule has 0 aliphatic rings. The van der Waals surface area contributed by atoms with Crippen LogP contribution in [0.4, 0.5) is 0 Å².